The van der Waals surface area contributed by atoms with Gasteiger partial charge in [0.15, 0.2) is 0 Å². The number of esters is 1. The number of hydrogen-bond acceptors (Lipinski definition) is 7. The maximum Gasteiger partial charge on any atom is 0.573 e. The summed E-state index contributed by atoms with van der Waals surface area (Å²) in [4.78, 5) is 11.4. The lowest BCUT2D eigenvalue weighted by Crippen LogP contribution is -2.62. The number of benzene rings is 2. The van der Waals surface area contributed by atoms with Crippen LogP contribution in [-0.4, -0.2) is 61.8 Å². The third-order valence-electron chi connectivity index (χ3n) is 7.31. The van der Waals surface area contributed by atoms with Gasteiger partial charge in [0, 0.05) is 18.0 Å². The topological polar surface area (TPSA) is 110 Å². The average Bonchev–Trinajstić information content (AvgIpc) is 3.42. The highest BCUT2D eigenvalue weighted by atomic mass is 19.4. The number of ether oxygens (including phenoxy) is 3. The monoisotopic (exact) mass is 722 g/mol. The Kier molecular flexibility index (Phi) is 12.5. The summed E-state index contributed by atoms with van der Waals surface area (Å²) in [5.74, 6) is -27.0. The molecule has 0 saturated heterocycles. The molecule has 49 heavy (non-hydrogen) atoms. The van der Waals surface area contributed by atoms with E-state index in [1.54, 1.807) is 6.07 Å². The second-order valence-electron chi connectivity index (χ2n) is 11.1. The van der Waals surface area contributed by atoms with Crippen LogP contribution in [0.4, 0.5) is 48.3 Å². The van der Waals surface area contributed by atoms with E-state index in [9.17, 15) is 53.1 Å². The summed E-state index contributed by atoms with van der Waals surface area (Å²) >= 11 is 0. The van der Waals surface area contributed by atoms with Crippen LogP contribution in [0.15, 0.2) is 46.9 Å². The molecule has 1 unspecified atom stereocenters. The molecule has 1 atom stereocenters. The lowest BCUT2D eigenvalue weighted by atomic mass is 9.95. The maximum absolute atomic E-state index is 14.4. The van der Waals surface area contributed by atoms with Crippen molar-refractivity contribution in [2.24, 2.45) is 11.5 Å². The van der Waals surface area contributed by atoms with Crippen LogP contribution in [0, 0.1) is 0 Å². The number of carbonyl (C=O) groups is 1. The molecule has 0 saturated carbocycles. The molecule has 0 aliphatic carbocycles. The molecule has 0 fully saturated rings. The summed E-state index contributed by atoms with van der Waals surface area (Å²) in [5, 5.41) is 0.293. The summed E-state index contributed by atoms with van der Waals surface area (Å²) in [5.41, 5.74) is 10.7. The highest BCUT2D eigenvalue weighted by Crippen LogP contribution is 2.54. The summed E-state index contributed by atoms with van der Waals surface area (Å²) in [6.45, 7) is -1.45. The van der Waals surface area contributed by atoms with Crippen molar-refractivity contribution < 1.29 is 71.7 Å². The Hall–Kier alpha value is -3.80. The molecule has 0 amide bonds. The van der Waals surface area contributed by atoms with Crippen molar-refractivity contribution in [3.63, 3.8) is 0 Å². The molecule has 2 aromatic carbocycles. The molecule has 0 spiro atoms. The van der Waals surface area contributed by atoms with Crippen LogP contribution in [0.25, 0.3) is 22.3 Å². The Morgan fingerprint density at radius 3 is 2.06 bits per heavy atom. The Labute approximate surface area is 272 Å². The number of carbonyl (C=O) groups excluding carboxylic acids is 1. The van der Waals surface area contributed by atoms with Gasteiger partial charge >= 0.3 is 36.0 Å². The lowest BCUT2D eigenvalue weighted by Gasteiger charge is -2.36. The van der Waals surface area contributed by atoms with Gasteiger partial charge in [-0.05, 0) is 48.7 Å². The van der Waals surface area contributed by atoms with Crippen LogP contribution in [0.1, 0.15) is 44.6 Å². The molecule has 0 bridgehead atoms. The predicted octanol–water partition coefficient (Wildman–Crippen LogP) is 8.26. The molecule has 4 N–H and O–H groups in total. The predicted molar refractivity (Wildman–Crippen MR) is 154 cm³/mol. The molecule has 3 rings (SSSR count). The Bertz CT molecular complexity index is 1560. The van der Waals surface area contributed by atoms with Gasteiger partial charge in [-0.2, -0.15) is 35.1 Å². The molecular weight excluding hydrogens is 689 g/mol. The number of hydrogen-bond donors (Lipinski definition) is 2. The normalized spacial score (nSPS) is 13.8. The molecule has 0 radical (unpaired) electrons. The molecule has 7 nitrogen and oxygen atoms in total. The van der Waals surface area contributed by atoms with Gasteiger partial charge in [0.2, 0.25) is 0 Å². The van der Waals surface area contributed by atoms with Crippen molar-refractivity contribution in [3.8, 4) is 22.8 Å². The Morgan fingerprint density at radius 2 is 1.47 bits per heavy atom. The fraction of sp³-hybridized carbons (Fsp3) is 0.516. The van der Waals surface area contributed by atoms with Gasteiger partial charge < -0.3 is 30.1 Å². The van der Waals surface area contributed by atoms with Crippen molar-refractivity contribution >= 4 is 16.9 Å². The first kappa shape index (κ1) is 39.6. The van der Waals surface area contributed by atoms with Crippen LogP contribution in [0.2, 0.25) is 0 Å². The zero-order chi connectivity index (χ0) is 36.8. The molecule has 0 aliphatic heterocycles. The van der Waals surface area contributed by atoms with Gasteiger partial charge in [-0.25, -0.2) is 0 Å². The van der Waals surface area contributed by atoms with Crippen molar-refractivity contribution in [2.45, 2.75) is 81.5 Å². The van der Waals surface area contributed by atoms with Gasteiger partial charge in [-0.3, -0.25) is 4.79 Å². The first-order chi connectivity index (χ1) is 22.7. The van der Waals surface area contributed by atoms with Gasteiger partial charge in [0.25, 0.3) is 0 Å². The van der Waals surface area contributed by atoms with Crippen molar-refractivity contribution in [2.75, 3.05) is 19.8 Å². The molecule has 3 aromatic rings. The molecule has 1 aromatic heterocycles. The summed E-state index contributed by atoms with van der Waals surface area (Å²) in [6.07, 6.45) is -6.42. The van der Waals surface area contributed by atoms with E-state index in [0.717, 1.165) is 31.4 Å². The Balaban J connectivity index is 1.72. The molecule has 1 heterocycles. The highest BCUT2D eigenvalue weighted by Gasteiger charge is 2.79. The SMILES string of the molecule is CCCCCc1ccc(-c2cc3ccc(OCCC(F)(F)C(F)(F)C(F)(F)C(F)(F)CCOC(=O)C(N)CN)cc3o2)c(OC(F)(F)F)c1. The second kappa shape index (κ2) is 15.4. The highest BCUT2D eigenvalue weighted by molar-refractivity contribution is 5.85. The number of nitrogens with two attached hydrogens (primary N) is 2. The van der Waals surface area contributed by atoms with Gasteiger partial charge in [-0.15, -0.1) is 13.2 Å². The molecule has 274 valence electrons. The number of alkyl halides is 11. The van der Waals surface area contributed by atoms with Crippen LogP contribution < -0.4 is 20.9 Å². The molecule has 0 aliphatic rings. The average molecular weight is 723 g/mol. The minimum absolute atomic E-state index is 0.0473. The third kappa shape index (κ3) is 9.46. The lowest BCUT2D eigenvalue weighted by molar-refractivity contribution is -0.369. The van der Waals surface area contributed by atoms with Crippen molar-refractivity contribution in [1.29, 1.82) is 0 Å². The Morgan fingerprint density at radius 1 is 0.837 bits per heavy atom. The summed E-state index contributed by atoms with van der Waals surface area (Å²) in [6, 6.07) is 7.51. The van der Waals surface area contributed by atoms with E-state index in [-0.39, 0.29) is 22.7 Å². The summed E-state index contributed by atoms with van der Waals surface area (Å²) < 4.78 is 172. The minimum atomic E-state index is -6.60. The standard InChI is InChI=1S/C31H33F11N2O5/c1-2-3-4-5-18-6-9-21(25(14-18)49-31(40,41)42)24-15-19-7-8-20(16-23(19)48-24)46-12-10-27(32,33)29(36,37)30(38,39)28(34,35)11-13-47-26(45)22(44)17-43/h6-9,14-16,22H,2-5,10-13,17,43-44H2,1H3. The van der Waals surface area contributed by atoms with E-state index < -0.39 is 80.4 Å². The number of rotatable bonds is 18. The van der Waals surface area contributed by atoms with Crippen LogP contribution in [-0.2, 0) is 16.0 Å². The minimum Gasteiger partial charge on any atom is -0.493 e. The van der Waals surface area contributed by atoms with E-state index >= 15 is 0 Å². The van der Waals surface area contributed by atoms with Gasteiger partial charge in [0.05, 0.1) is 31.6 Å². The number of aryl methyl sites for hydroxylation is 1. The molecule has 18 heteroatoms. The largest absolute Gasteiger partial charge is 0.573 e. The fourth-order valence-electron chi connectivity index (χ4n) is 4.50. The van der Waals surface area contributed by atoms with Gasteiger partial charge in [-0.1, -0.05) is 25.8 Å². The maximum atomic E-state index is 14.4. The van der Waals surface area contributed by atoms with E-state index in [1.807, 2.05) is 6.92 Å². The van der Waals surface area contributed by atoms with Crippen LogP contribution in [0.5, 0.6) is 11.5 Å². The second-order valence-corrected chi connectivity index (χ2v) is 11.1. The van der Waals surface area contributed by atoms with E-state index in [0.29, 0.717) is 17.4 Å². The first-order valence-corrected chi connectivity index (χ1v) is 14.8. The van der Waals surface area contributed by atoms with Gasteiger partial charge in [0.1, 0.15) is 28.9 Å². The number of halogens is 11. The quantitative estimate of drug-likeness (QED) is 0.0773. The summed E-state index contributed by atoms with van der Waals surface area (Å²) in [7, 11) is 0. The fourth-order valence-corrected chi connectivity index (χ4v) is 4.50. The van der Waals surface area contributed by atoms with E-state index in [2.05, 4.69) is 9.47 Å². The molecular formula is C31H33F11N2O5. The van der Waals surface area contributed by atoms with E-state index in [4.69, 9.17) is 20.6 Å². The zero-order valence-electron chi connectivity index (χ0n) is 25.8. The zero-order valence-corrected chi connectivity index (χ0v) is 25.8. The van der Waals surface area contributed by atoms with Crippen molar-refractivity contribution in [1.82, 2.24) is 0 Å². The van der Waals surface area contributed by atoms with Crippen molar-refractivity contribution in [3.05, 3.63) is 48.0 Å². The number of unbranched alkanes of at least 4 members (excludes halogenated alkanes) is 2. The first-order valence-electron chi connectivity index (χ1n) is 14.8. The number of furan rings is 1. The smallest absolute Gasteiger partial charge is 0.493 e. The third-order valence-corrected chi connectivity index (χ3v) is 7.31. The van der Waals surface area contributed by atoms with E-state index in [1.165, 1.54) is 24.3 Å². The van der Waals surface area contributed by atoms with Crippen LogP contribution in [0.3, 0.4) is 0 Å². The van der Waals surface area contributed by atoms with Crippen LogP contribution >= 0.6 is 0 Å². The number of fused-ring (bicyclic) bond motifs is 1.